The molecule has 1 rings (SSSR count). The second-order valence-electron chi connectivity index (χ2n) is 4.74. The zero-order valence-electron chi connectivity index (χ0n) is 13.8. The molecule has 0 aliphatic rings. The summed E-state index contributed by atoms with van der Waals surface area (Å²) in [5.41, 5.74) is 0.841. The van der Waals surface area contributed by atoms with Crippen LogP contribution in [0.4, 0.5) is 5.82 Å². The van der Waals surface area contributed by atoms with Crippen LogP contribution in [0.1, 0.15) is 46.1 Å². The van der Waals surface area contributed by atoms with Crippen molar-refractivity contribution >= 4 is 17.4 Å². The minimum Gasteiger partial charge on any atom is -0.396 e. The fraction of sp³-hybridized carbons (Fsp3) is 0.625. The molecule has 1 heterocycles. The number of aliphatic hydroxyl groups excluding tert-OH is 1. The fourth-order valence-electron chi connectivity index (χ4n) is 2.12. The molecule has 0 bridgehead atoms. The van der Waals surface area contributed by atoms with E-state index in [1.165, 1.54) is 6.33 Å². The third-order valence-corrected chi connectivity index (χ3v) is 3.80. The van der Waals surface area contributed by atoms with Gasteiger partial charge < -0.3 is 10.0 Å². The Labute approximate surface area is 133 Å². The first kappa shape index (κ1) is 19.9. The molecule has 2 atom stereocenters. The number of anilines is 1. The van der Waals surface area contributed by atoms with Crippen LogP contribution >= 0.6 is 11.6 Å². The van der Waals surface area contributed by atoms with Crippen LogP contribution in [0.2, 0.25) is 5.15 Å². The van der Waals surface area contributed by atoms with Gasteiger partial charge in [0.05, 0.1) is 0 Å². The van der Waals surface area contributed by atoms with E-state index < -0.39 is 0 Å². The van der Waals surface area contributed by atoms with E-state index >= 15 is 0 Å². The first-order chi connectivity index (χ1) is 10.0. The van der Waals surface area contributed by atoms with Gasteiger partial charge in [-0.05, 0) is 32.4 Å². The summed E-state index contributed by atoms with van der Waals surface area (Å²) >= 11 is 6.03. The second-order valence-corrected chi connectivity index (χ2v) is 5.10. The van der Waals surface area contributed by atoms with Gasteiger partial charge in [-0.3, -0.25) is 0 Å². The highest BCUT2D eigenvalue weighted by Crippen LogP contribution is 2.26. The lowest BCUT2D eigenvalue weighted by atomic mass is 9.98. The summed E-state index contributed by atoms with van der Waals surface area (Å²) in [4.78, 5) is 10.2. The van der Waals surface area contributed by atoms with E-state index in [-0.39, 0.29) is 18.6 Å². The van der Waals surface area contributed by atoms with Gasteiger partial charge in [-0.25, -0.2) is 9.97 Å². The van der Waals surface area contributed by atoms with Crippen LogP contribution in [0.15, 0.2) is 19.1 Å². The Morgan fingerprint density at radius 3 is 2.52 bits per heavy atom. The van der Waals surface area contributed by atoms with Crippen molar-refractivity contribution in [1.29, 1.82) is 0 Å². The molecule has 21 heavy (non-hydrogen) atoms. The number of hydrogen-bond acceptors (Lipinski definition) is 4. The average Bonchev–Trinajstić information content (AvgIpc) is 2.51. The van der Waals surface area contributed by atoms with E-state index in [1.807, 2.05) is 25.7 Å². The number of rotatable bonds is 7. The molecule has 1 aromatic rings. The van der Waals surface area contributed by atoms with Gasteiger partial charge in [0.15, 0.2) is 0 Å². The lowest BCUT2D eigenvalue weighted by molar-refractivity contribution is 0.209. The van der Waals surface area contributed by atoms with Gasteiger partial charge in [0.25, 0.3) is 0 Å². The van der Waals surface area contributed by atoms with Crippen LogP contribution in [-0.2, 0) is 0 Å². The fourth-order valence-corrected chi connectivity index (χ4v) is 2.25. The molecule has 0 aromatic carbocycles. The highest BCUT2D eigenvalue weighted by atomic mass is 35.5. The van der Waals surface area contributed by atoms with Gasteiger partial charge in [0, 0.05) is 18.2 Å². The van der Waals surface area contributed by atoms with Gasteiger partial charge in [-0.2, -0.15) is 0 Å². The normalized spacial score (nSPS) is 12.9. The van der Waals surface area contributed by atoms with Crippen molar-refractivity contribution < 1.29 is 5.11 Å². The summed E-state index contributed by atoms with van der Waals surface area (Å²) in [7, 11) is 0. The number of halogens is 1. The van der Waals surface area contributed by atoms with Crippen LogP contribution in [-0.4, -0.2) is 27.7 Å². The Morgan fingerprint density at radius 1 is 1.43 bits per heavy atom. The van der Waals surface area contributed by atoms with Crippen LogP contribution in [0.5, 0.6) is 0 Å². The van der Waals surface area contributed by atoms with Gasteiger partial charge in [-0.1, -0.05) is 45.4 Å². The summed E-state index contributed by atoms with van der Waals surface area (Å²) in [6.07, 6.45) is 5.03. The minimum atomic E-state index is 0.194. The largest absolute Gasteiger partial charge is 0.396 e. The molecule has 1 N–H and O–H groups in total. The first-order valence-corrected chi connectivity index (χ1v) is 7.91. The van der Waals surface area contributed by atoms with E-state index in [1.54, 1.807) is 6.20 Å². The Hall–Kier alpha value is -1.13. The van der Waals surface area contributed by atoms with Crippen LogP contribution in [0.3, 0.4) is 0 Å². The zero-order valence-corrected chi connectivity index (χ0v) is 14.6. The van der Waals surface area contributed by atoms with Gasteiger partial charge in [-0.15, -0.1) is 0 Å². The van der Waals surface area contributed by atoms with Gasteiger partial charge in [0.1, 0.15) is 17.3 Å². The molecule has 0 aliphatic carbocycles. The Bertz CT molecular complexity index is 422. The summed E-state index contributed by atoms with van der Waals surface area (Å²) < 4.78 is 0. The molecule has 0 radical (unpaired) electrons. The van der Waals surface area contributed by atoms with Crippen molar-refractivity contribution in [2.24, 2.45) is 5.92 Å². The van der Waals surface area contributed by atoms with Crippen molar-refractivity contribution in [2.75, 3.05) is 11.5 Å². The molecule has 0 fully saturated rings. The zero-order chi connectivity index (χ0) is 16.4. The predicted molar refractivity (Wildman–Crippen MR) is 90.7 cm³/mol. The molecule has 0 amide bonds. The van der Waals surface area contributed by atoms with Gasteiger partial charge in [0.2, 0.25) is 0 Å². The van der Waals surface area contributed by atoms with E-state index in [9.17, 15) is 5.11 Å². The molecule has 1 aromatic heterocycles. The van der Waals surface area contributed by atoms with Gasteiger partial charge >= 0.3 is 0 Å². The maximum absolute atomic E-state index is 9.31. The van der Waals surface area contributed by atoms with Crippen molar-refractivity contribution in [2.45, 2.75) is 53.5 Å². The van der Waals surface area contributed by atoms with Crippen molar-refractivity contribution in [3.05, 3.63) is 29.8 Å². The topological polar surface area (TPSA) is 49.2 Å². The molecule has 120 valence electrons. The van der Waals surface area contributed by atoms with Crippen LogP contribution in [0, 0.1) is 12.8 Å². The Morgan fingerprint density at radius 2 is 2.05 bits per heavy atom. The SMILES string of the molecule is C=CN(c1ncnc(Cl)c1C)[C@@H](C)C[C@@H](CC)CO.CC. The molecule has 0 spiro atoms. The maximum Gasteiger partial charge on any atom is 0.140 e. The molecule has 5 heteroatoms. The van der Waals surface area contributed by atoms with Crippen molar-refractivity contribution in [3.63, 3.8) is 0 Å². The molecule has 0 saturated heterocycles. The molecule has 0 aliphatic heterocycles. The van der Waals surface area contributed by atoms with Crippen molar-refractivity contribution in [3.8, 4) is 0 Å². The lowest BCUT2D eigenvalue weighted by Crippen LogP contribution is -2.31. The molecular formula is C16H28ClN3O. The van der Waals surface area contributed by atoms with E-state index in [0.717, 1.165) is 24.2 Å². The van der Waals surface area contributed by atoms with Crippen LogP contribution in [0.25, 0.3) is 0 Å². The molecule has 0 saturated carbocycles. The Kier molecular flexibility index (Phi) is 10.0. The minimum absolute atomic E-state index is 0.194. The third kappa shape index (κ3) is 5.64. The smallest absolute Gasteiger partial charge is 0.140 e. The lowest BCUT2D eigenvalue weighted by Gasteiger charge is -2.30. The summed E-state index contributed by atoms with van der Waals surface area (Å²) in [6, 6.07) is 0.194. The molecule has 0 unspecified atom stereocenters. The van der Waals surface area contributed by atoms with E-state index in [0.29, 0.717) is 5.15 Å². The number of aromatic nitrogens is 2. The first-order valence-electron chi connectivity index (χ1n) is 7.53. The monoisotopic (exact) mass is 313 g/mol. The molecule has 4 nitrogen and oxygen atoms in total. The quantitative estimate of drug-likeness (QED) is 0.766. The van der Waals surface area contributed by atoms with E-state index in [2.05, 4.69) is 30.4 Å². The average molecular weight is 314 g/mol. The summed E-state index contributed by atoms with van der Waals surface area (Å²) in [5.74, 6) is 1.06. The van der Waals surface area contributed by atoms with Crippen LogP contribution < -0.4 is 4.90 Å². The standard InChI is InChI=1S/C14H22ClN3O.C2H6/c1-5-12(8-19)7-10(3)18(6-2)14-11(4)13(15)16-9-17-14;1-2/h6,9-10,12,19H,2,5,7-8H2,1,3-4H3;1-2H3/t10-,12+;/m0./s1. The summed E-state index contributed by atoms with van der Waals surface area (Å²) in [5, 5.41) is 9.76. The third-order valence-electron chi connectivity index (χ3n) is 3.42. The predicted octanol–water partition coefficient (Wildman–Crippen LogP) is 4.21. The number of hydrogen-bond donors (Lipinski definition) is 1. The Balaban J connectivity index is 0.00000191. The highest BCUT2D eigenvalue weighted by Gasteiger charge is 2.19. The highest BCUT2D eigenvalue weighted by molar-refractivity contribution is 6.30. The van der Waals surface area contributed by atoms with Crippen molar-refractivity contribution in [1.82, 2.24) is 9.97 Å². The maximum atomic E-state index is 9.31. The van der Waals surface area contributed by atoms with E-state index in [4.69, 9.17) is 11.6 Å². The number of nitrogens with zero attached hydrogens (tertiary/aromatic N) is 3. The molecular weight excluding hydrogens is 286 g/mol. The number of aliphatic hydroxyl groups is 1. The summed E-state index contributed by atoms with van der Waals surface area (Å²) in [6.45, 7) is 14.1. The second kappa shape index (κ2) is 10.6.